The van der Waals surface area contributed by atoms with Gasteiger partial charge in [-0.15, -0.1) is 11.3 Å². The topological polar surface area (TPSA) is 63.6 Å². The molecule has 8 heteroatoms. The summed E-state index contributed by atoms with van der Waals surface area (Å²) in [6, 6.07) is 3.47. The lowest BCUT2D eigenvalue weighted by Gasteiger charge is -2.34. The Morgan fingerprint density at radius 1 is 1.30 bits per heavy atom. The minimum absolute atomic E-state index is 0.183. The zero-order chi connectivity index (χ0) is 21.3. The fourth-order valence-electron chi connectivity index (χ4n) is 4.17. The van der Waals surface area contributed by atoms with Crippen LogP contribution in [0.25, 0.3) is 0 Å². The number of halogens is 2. The standard InChI is InChI=1S/C22H23ClFN3O2S/c1-12-3-5-13(6-4-12)18-17(22(28)29-2)19(15-8-7-14(24)11-16(15)23)27-20(26-18)21-25-9-10-30-21/h7-13,19H,3-6H2,1-2H3,(H,26,27)/t12-,13+,19?. The molecule has 1 atom stereocenters. The van der Waals surface area contributed by atoms with Crippen LogP contribution in [-0.2, 0) is 9.53 Å². The maximum atomic E-state index is 13.7. The number of carbonyl (C=O) groups excluding carboxylic acids is 1. The number of esters is 1. The minimum Gasteiger partial charge on any atom is -0.466 e. The molecule has 0 spiro atoms. The minimum atomic E-state index is -0.694. The molecule has 2 heterocycles. The Morgan fingerprint density at radius 2 is 2.07 bits per heavy atom. The number of hydrogen-bond donors (Lipinski definition) is 1. The van der Waals surface area contributed by atoms with Crippen LogP contribution in [0.2, 0.25) is 5.02 Å². The largest absolute Gasteiger partial charge is 0.466 e. The smallest absolute Gasteiger partial charge is 0.338 e. The average Bonchev–Trinajstić information content (AvgIpc) is 3.28. The summed E-state index contributed by atoms with van der Waals surface area (Å²) in [7, 11) is 1.36. The van der Waals surface area contributed by atoms with Crippen molar-refractivity contribution in [3.63, 3.8) is 0 Å². The third-order valence-corrected chi connectivity index (χ3v) is 6.90. The van der Waals surface area contributed by atoms with Gasteiger partial charge in [-0.1, -0.05) is 37.4 Å². The van der Waals surface area contributed by atoms with Gasteiger partial charge in [-0.05, 0) is 36.8 Å². The van der Waals surface area contributed by atoms with Crippen LogP contribution in [0.15, 0.2) is 46.0 Å². The van der Waals surface area contributed by atoms with Crippen LogP contribution in [-0.4, -0.2) is 23.9 Å². The first-order valence-corrected chi connectivity index (χ1v) is 11.3. The van der Waals surface area contributed by atoms with Crippen LogP contribution in [0.4, 0.5) is 4.39 Å². The first-order chi connectivity index (χ1) is 14.5. The summed E-state index contributed by atoms with van der Waals surface area (Å²) in [5, 5.41) is 6.22. The monoisotopic (exact) mass is 447 g/mol. The molecule has 0 bridgehead atoms. The Bertz CT molecular complexity index is 998. The van der Waals surface area contributed by atoms with E-state index in [2.05, 4.69) is 17.2 Å². The number of aromatic nitrogens is 1. The molecule has 1 aromatic carbocycles. The van der Waals surface area contributed by atoms with Gasteiger partial charge in [-0.25, -0.2) is 14.2 Å². The second kappa shape index (κ2) is 8.86. The summed E-state index contributed by atoms with van der Waals surface area (Å²) in [5.41, 5.74) is 1.82. The van der Waals surface area contributed by atoms with Gasteiger partial charge in [0.2, 0.25) is 0 Å². The van der Waals surface area contributed by atoms with Crippen molar-refractivity contribution >= 4 is 34.7 Å². The number of methoxy groups -OCH3 is 1. The highest BCUT2D eigenvalue weighted by Crippen LogP contribution is 2.41. The highest BCUT2D eigenvalue weighted by atomic mass is 35.5. The lowest BCUT2D eigenvalue weighted by Crippen LogP contribution is -2.37. The molecule has 5 nitrogen and oxygen atoms in total. The molecule has 1 unspecified atom stereocenters. The molecule has 1 fully saturated rings. The molecule has 0 amide bonds. The highest BCUT2D eigenvalue weighted by Gasteiger charge is 2.37. The Balaban J connectivity index is 1.86. The van der Waals surface area contributed by atoms with Gasteiger partial charge in [0.15, 0.2) is 10.8 Å². The number of rotatable bonds is 4. The van der Waals surface area contributed by atoms with Crippen molar-refractivity contribution in [3.05, 3.63) is 62.5 Å². The summed E-state index contributed by atoms with van der Waals surface area (Å²) >= 11 is 7.85. The van der Waals surface area contributed by atoms with Crippen LogP contribution >= 0.6 is 22.9 Å². The van der Waals surface area contributed by atoms with E-state index >= 15 is 0 Å². The summed E-state index contributed by atoms with van der Waals surface area (Å²) in [6.45, 7) is 2.25. The molecule has 158 valence electrons. The van der Waals surface area contributed by atoms with E-state index in [1.54, 1.807) is 12.3 Å². The molecule has 30 heavy (non-hydrogen) atoms. The second-order valence-corrected chi connectivity index (χ2v) is 9.09. The molecule has 2 aromatic rings. The molecule has 1 saturated carbocycles. The van der Waals surface area contributed by atoms with Gasteiger partial charge in [0.05, 0.1) is 12.7 Å². The van der Waals surface area contributed by atoms with E-state index in [1.165, 1.54) is 30.6 Å². The van der Waals surface area contributed by atoms with E-state index in [1.807, 2.05) is 5.38 Å². The number of nitrogens with one attached hydrogen (secondary N) is 1. The molecule has 2 aliphatic rings. The first kappa shape index (κ1) is 21.0. The van der Waals surface area contributed by atoms with E-state index in [4.69, 9.17) is 21.3 Å². The number of benzene rings is 1. The maximum absolute atomic E-state index is 13.7. The van der Waals surface area contributed by atoms with Crippen molar-refractivity contribution in [2.75, 3.05) is 7.11 Å². The quantitative estimate of drug-likeness (QED) is 0.647. The highest BCUT2D eigenvalue weighted by molar-refractivity contribution is 7.11. The molecular weight excluding hydrogens is 425 g/mol. The van der Waals surface area contributed by atoms with Crippen molar-refractivity contribution in [2.45, 2.75) is 38.6 Å². The number of amidine groups is 1. The third kappa shape index (κ3) is 4.14. The van der Waals surface area contributed by atoms with Gasteiger partial charge in [0, 0.05) is 27.9 Å². The molecule has 0 saturated heterocycles. The van der Waals surface area contributed by atoms with E-state index in [0.717, 1.165) is 36.4 Å². The van der Waals surface area contributed by atoms with Gasteiger partial charge < -0.3 is 10.1 Å². The lowest BCUT2D eigenvalue weighted by atomic mass is 9.78. The Hall–Kier alpha value is -2.25. The zero-order valence-electron chi connectivity index (χ0n) is 16.8. The van der Waals surface area contributed by atoms with Crippen molar-refractivity contribution in [1.29, 1.82) is 0 Å². The van der Waals surface area contributed by atoms with Crippen molar-refractivity contribution < 1.29 is 13.9 Å². The molecule has 1 N–H and O–H groups in total. The zero-order valence-corrected chi connectivity index (χ0v) is 18.4. The number of carbonyl (C=O) groups is 1. The van der Waals surface area contributed by atoms with Crippen LogP contribution in [0.1, 0.15) is 49.2 Å². The van der Waals surface area contributed by atoms with E-state index in [0.29, 0.717) is 22.9 Å². The van der Waals surface area contributed by atoms with E-state index in [9.17, 15) is 9.18 Å². The van der Waals surface area contributed by atoms with Crippen molar-refractivity contribution in [3.8, 4) is 0 Å². The van der Waals surface area contributed by atoms with Crippen LogP contribution in [0, 0.1) is 17.7 Å². The predicted molar refractivity (Wildman–Crippen MR) is 116 cm³/mol. The molecule has 1 aliphatic heterocycles. The Kier molecular flexibility index (Phi) is 6.20. The molecule has 1 aromatic heterocycles. The number of allylic oxidation sites excluding steroid dienone is 1. The van der Waals surface area contributed by atoms with Crippen LogP contribution in [0.3, 0.4) is 0 Å². The van der Waals surface area contributed by atoms with E-state index < -0.39 is 17.8 Å². The average molecular weight is 448 g/mol. The van der Waals surface area contributed by atoms with Gasteiger partial charge in [-0.2, -0.15) is 0 Å². The number of nitrogens with zero attached hydrogens (tertiary/aromatic N) is 2. The SMILES string of the molecule is COC(=O)C1=C([C@H]2CC[C@@H](C)CC2)NC(c2nccs2)=NC1c1ccc(F)cc1Cl. The van der Waals surface area contributed by atoms with Gasteiger partial charge in [0.1, 0.15) is 11.9 Å². The number of ether oxygens (including phenoxy) is 1. The fourth-order valence-corrected chi connectivity index (χ4v) is 5.03. The third-order valence-electron chi connectivity index (χ3n) is 5.80. The number of thiazole rings is 1. The molecule has 1 aliphatic carbocycles. The molecule has 0 radical (unpaired) electrons. The molecular formula is C22H23ClFN3O2S. The number of hydrogen-bond acceptors (Lipinski definition) is 6. The van der Waals surface area contributed by atoms with Crippen LogP contribution < -0.4 is 5.32 Å². The van der Waals surface area contributed by atoms with Crippen molar-refractivity contribution in [2.24, 2.45) is 16.8 Å². The summed E-state index contributed by atoms with van der Waals surface area (Å²) in [5.74, 6) is 0.552. The van der Waals surface area contributed by atoms with Crippen LogP contribution in [0.5, 0.6) is 0 Å². The Labute approximate surface area is 184 Å². The maximum Gasteiger partial charge on any atom is 0.338 e. The second-order valence-electron chi connectivity index (χ2n) is 7.78. The first-order valence-electron chi connectivity index (χ1n) is 10.00. The van der Waals surface area contributed by atoms with E-state index in [-0.39, 0.29) is 10.9 Å². The number of aliphatic imine (C=N–C) groups is 1. The molecule has 4 rings (SSSR count). The summed E-state index contributed by atoms with van der Waals surface area (Å²) in [6.07, 6.45) is 5.84. The predicted octanol–water partition coefficient (Wildman–Crippen LogP) is 5.28. The summed E-state index contributed by atoms with van der Waals surface area (Å²) < 4.78 is 18.8. The Morgan fingerprint density at radius 3 is 2.70 bits per heavy atom. The normalized spacial score (nSPS) is 24.3. The van der Waals surface area contributed by atoms with Crippen molar-refractivity contribution in [1.82, 2.24) is 10.3 Å². The lowest BCUT2D eigenvalue weighted by molar-refractivity contribution is -0.136. The van der Waals surface area contributed by atoms with Gasteiger partial charge in [0.25, 0.3) is 0 Å². The summed E-state index contributed by atoms with van der Waals surface area (Å²) in [4.78, 5) is 22.1. The fraction of sp³-hybridized carbons (Fsp3) is 0.409. The van der Waals surface area contributed by atoms with Gasteiger partial charge in [-0.3, -0.25) is 4.99 Å². The van der Waals surface area contributed by atoms with Gasteiger partial charge >= 0.3 is 5.97 Å².